The summed E-state index contributed by atoms with van der Waals surface area (Å²) in [7, 11) is 0. The lowest BCUT2D eigenvalue weighted by Gasteiger charge is -2.56. The fourth-order valence-corrected chi connectivity index (χ4v) is 4.97. The van der Waals surface area contributed by atoms with Gasteiger partial charge in [-0.2, -0.15) is 0 Å². The van der Waals surface area contributed by atoms with Gasteiger partial charge in [0.15, 0.2) is 0 Å². The number of nitrogens with two attached hydrogens (primary N) is 2. The lowest BCUT2D eigenvalue weighted by atomic mass is 9.48. The third-order valence-corrected chi connectivity index (χ3v) is 5.40. The van der Waals surface area contributed by atoms with E-state index in [2.05, 4.69) is 0 Å². The minimum Gasteiger partial charge on any atom is -0.368 e. The summed E-state index contributed by atoms with van der Waals surface area (Å²) in [5.41, 5.74) is 10.6. The molecule has 4 aliphatic rings. The van der Waals surface area contributed by atoms with Crippen LogP contribution in [0.5, 0.6) is 0 Å². The Morgan fingerprint density at radius 3 is 1.89 bits per heavy atom. The standard InChI is InChI=1S/C14H22N2O2/c15-11(13(16)18)4-12(17)14-5-8-1-9(6-14)3-10(2-8)7-14/h8-11H,1-7,15H2,(H2,16,18). The first kappa shape index (κ1) is 12.2. The van der Waals surface area contributed by atoms with Crippen LogP contribution in [0.1, 0.15) is 44.9 Å². The van der Waals surface area contributed by atoms with Crippen molar-refractivity contribution in [1.29, 1.82) is 0 Å². The maximum atomic E-state index is 12.5. The van der Waals surface area contributed by atoms with Crippen molar-refractivity contribution in [3.05, 3.63) is 0 Å². The van der Waals surface area contributed by atoms with Gasteiger partial charge in [0.1, 0.15) is 5.78 Å². The van der Waals surface area contributed by atoms with E-state index in [0.29, 0.717) is 0 Å². The van der Waals surface area contributed by atoms with Crippen LogP contribution in [0.15, 0.2) is 0 Å². The Morgan fingerprint density at radius 1 is 1.06 bits per heavy atom. The first-order valence-corrected chi connectivity index (χ1v) is 7.07. The normalized spacial score (nSPS) is 42.8. The number of rotatable bonds is 4. The molecule has 0 aliphatic heterocycles. The molecule has 0 spiro atoms. The second-order valence-corrected chi connectivity index (χ2v) is 6.83. The molecule has 4 fully saturated rings. The molecule has 0 aromatic heterocycles. The molecule has 100 valence electrons. The number of carbonyl (C=O) groups excluding carboxylic acids is 2. The van der Waals surface area contributed by atoms with E-state index in [-0.39, 0.29) is 17.6 Å². The van der Waals surface area contributed by atoms with Crippen molar-refractivity contribution in [1.82, 2.24) is 0 Å². The third kappa shape index (κ3) is 1.87. The molecule has 0 radical (unpaired) electrons. The Labute approximate surface area is 107 Å². The van der Waals surface area contributed by atoms with Gasteiger partial charge < -0.3 is 11.5 Å². The van der Waals surface area contributed by atoms with Crippen molar-refractivity contribution in [2.45, 2.75) is 51.0 Å². The van der Waals surface area contributed by atoms with E-state index in [1.54, 1.807) is 0 Å². The van der Waals surface area contributed by atoms with Gasteiger partial charge in [-0.1, -0.05) is 0 Å². The van der Waals surface area contributed by atoms with E-state index in [9.17, 15) is 9.59 Å². The minimum atomic E-state index is -0.800. The van der Waals surface area contributed by atoms with Crippen molar-refractivity contribution >= 4 is 11.7 Å². The minimum absolute atomic E-state index is 0.140. The molecule has 4 nitrogen and oxygen atoms in total. The van der Waals surface area contributed by atoms with Crippen LogP contribution in [0.3, 0.4) is 0 Å². The molecular formula is C14H22N2O2. The van der Waals surface area contributed by atoms with Crippen LogP contribution in [0, 0.1) is 23.2 Å². The highest BCUT2D eigenvalue weighted by molar-refractivity contribution is 5.91. The van der Waals surface area contributed by atoms with Crippen LogP contribution in [0.2, 0.25) is 0 Å². The predicted molar refractivity (Wildman–Crippen MR) is 67.4 cm³/mol. The Bertz CT molecular complexity index is 356. The average Bonchev–Trinajstić information content (AvgIpc) is 2.26. The van der Waals surface area contributed by atoms with E-state index < -0.39 is 11.9 Å². The van der Waals surface area contributed by atoms with Gasteiger partial charge in [0.2, 0.25) is 5.91 Å². The quantitative estimate of drug-likeness (QED) is 0.779. The number of hydrogen-bond acceptors (Lipinski definition) is 3. The summed E-state index contributed by atoms with van der Waals surface area (Å²) in [6.45, 7) is 0. The monoisotopic (exact) mass is 250 g/mol. The number of primary amides is 1. The highest BCUT2D eigenvalue weighted by Gasteiger charge is 2.54. The maximum absolute atomic E-state index is 12.5. The van der Waals surface area contributed by atoms with Crippen LogP contribution >= 0.6 is 0 Å². The van der Waals surface area contributed by atoms with Crippen molar-refractivity contribution in [2.75, 3.05) is 0 Å². The Kier molecular flexibility index (Phi) is 2.73. The van der Waals surface area contributed by atoms with Crippen molar-refractivity contribution in [3.8, 4) is 0 Å². The first-order chi connectivity index (χ1) is 8.48. The zero-order chi connectivity index (χ0) is 12.9. The summed E-state index contributed by atoms with van der Waals surface area (Å²) in [5.74, 6) is 1.86. The van der Waals surface area contributed by atoms with Gasteiger partial charge >= 0.3 is 0 Å². The molecular weight excluding hydrogens is 228 g/mol. The highest BCUT2D eigenvalue weighted by atomic mass is 16.1. The smallest absolute Gasteiger partial charge is 0.234 e. The molecule has 1 amide bonds. The molecule has 0 aromatic carbocycles. The lowest BCUT2D eigenvalue weighted by molar-refractivity contribution is -0.145. The van der Waals surface area contributed by atoms with Gasteiger partial charge in [0.05, 0.1) is 6.04 Å². The Hall–Kier alpha value is -0.900. The van der Waals surface area contributed by atoms with Crippen LogP contribution in [0.4, 0.5) is 0 Å². The Balaban J connectivity index is 1.75. The number of Topliss-reactive ketones (excluding diaryl/α,β-unsaturated/α-hetero) is 1. The molecule has 1 unspecified atom stereocenters. The fraction of sp³-hybridized carbons (Fsp3) is 0.857. The zero-order valence-corrected chi connectivity index (χ0v) is 10.7. The third-order valence-electron chi connectivity index (χ3n) is 5.40. The lowest BCUT2D eigenvalue weighted by Crippen LogP contribution is -2.51. The second-order valence-electron chi connectivity index (χ2n) is 6.83. The molecule has 4 N–H and O–H groups in total. The maximum Gasteiger partial charge on any atom is 0.234 e. The van der Waals surface area contributed by atoms with E-state index in [4.69, 9.17) is 11.5 Å². The van der Waals surface area contributed by atoms with Gasteiger partial charge in [-0.3, -0.25) is 9.59 Å². The summed E-state index contributed by atoms with van der Waals surface area (Å²) in [5, 5.41) is 0. The summed E-state index contributed by atoms with van der Waals surface area (Å²) >= 11 is 0. The van der Waals surface area contributed by atoms with Crippen LogP contribution in [-0.4, -0.2) is 17.7 Å². The number of hydrogen-bond donors (Lipinski definition) is 2. The molecule has 4 saturated carbocycles. The van der Waals surface area contributed by atoms with E-state index in [1.165, 1.54) is 19.3 Å². The molecule has 4 heteroatoms. The number of carbonyl (C=O) groups is 2. The van der Waals surface area contributed by atoms with Crippen LogP contribution < -0.4 is 11.5 Å². The topological polar surface area (TPSA) is 86.2 Å². The van der Waals surface area contributed by atoms with Crippen molar-refractivity contribution < 1.29 is 9.59 Å². The van der Waals surface area contributed by atoms with E-state index >= 15 is 0 Å². The van der Waals surface area contributed by atoms with Gasteiger partial charge in [0, 0.05) is 11.8 Å². The first-order valence-electron chi connectivity index (χ1n) is 7.07. The summed E-state index contributed by atoms with van der Waals surface area (Å²) in [4.78, 5) is 23.5. The van der Waals surface area contributed by atoms with Crippen LogP contribution in [0.25, 0.3) is 0 Å². The van der Waals surface area contributed by atoms with Gasteiger partial charge in [-0.15, -0.1) is 0 Å². The molecule has 0 aromatic rings. The molecule has 4 aliphatic carbocycles. The highest BCUT2D eigenvalue weighted by Crippen LogP contribution is 2.60. The summed E-state index contributed by atoms with van der Waals surface area (Å²) in [6.07, 6.45) is 7.18. The Morgan fingerprint density at radius 2 is 1.50 bits per heavy atom. The van der Waals surface area contributed by atoms with Gasteiger partial charge in [-0.25, -0.2) is 0 Å². The zero-order valence-electron chi connectivity index (χ0n) is 10.7. The number of ketones is 1. The molecule has 1 atom stereocenters. The van der Waals surface area contributed by atoms with E-state index in [1.807, 2.05) is 0 Å². The molecule has 0 saturated heterocycles. The second kappa shape index (κ2) is 4.05. The summed E-state index contributed by atoms with van der Waals surface area (Å²) < 4.78 is 0. The van der Waals surface area contributed by atoms with Gasteiger partial charge in [-0.05, 0) is 56.3 Å². The molecule has 4 bridgehead atoms. The molecule has 0 heterocycles. The van der Waals surface area contributed by atoms with Crippen molar-refractivity contribution in [3.63, 3.8) is 0 Å². The SMILES string of the molecule is NC(=O)C(N)CC(=O)C12CC3CC(CC(C3)C1)C2. The largest absolute Gasteiger partial charge is 0.368 e. The summed E-state index contributed by atoms with van der Waals surface area (Å²) in [6, 6.07) is -0.800. The fourth-order valence-electron chi connectivity index (χ4n) is 4.97. The van der Waals surface area contributed by atoms with Crippen molar-refractivity contribution in [2.24, 2.45) is 34.6 Å². The predicted octanol–water partition coefficient (Wildman–Crippen LogP) is 0.975. The van der Waals surface area contributed by atoms with Crippen LogP contribution in [-0.2, 0) is 9.59 Å². The number of amides is 1. The molecule has 18 heavy (non-hydrogen) atoms. The average molecular weight is 250 g/mol. The van der Waals surface area contributed by atoms with Gasteiger partial charge in [0.25, 0.3) is 0 Å². The molecule has 4 rings (SSSR count). The van der Waals surface area contributed by atoms with E-state index in [0.717, 1.165) is 37.0 Å².